The van der Waals surface area contributed by atoms with E-state index in [-0.39, 0.29) is 11.8 Å². The maximum Gasteiger partial charge on any atom is 0.272 e. The first-order chi connectivity index (χ1) is 11.1. The zero-order valence-corrected chi connectivity index (χ0v) is 12.7. The number of nitrogens with zero attached hydrogens (tertiary/aromatic N) is 2. The summed E-state index contributed by atoms with van der Waals surface area (Å²) >= 11 is 0. The number of nitro groups is 1. The van der Waals surface area contributed by atoms with E-state index in [4.69, 9.17) is 4.74 Å². The highest BCUT2D eigenvalue weighted by atomic mass is 19.1. The summed E-state index contributed by atoms with van der Waals surface area (Å²) in [6, 6.07) is 11.7. The minimum absolute atomic E-state index is 0.139. The fourth-order valence-electron chi connectivity index (χ4n) is 2.87. The standard InChI is InChI=1S/C17H17FN2O3/c1-12-4-2-3-5-14(12)17-11-19(8-9-23-17)16-7-6-13(20(21)22)10-15(16)18/h2-7,10,17H,8-9,11H2,1H3. The van der Waals surface area contributed by atoms with Crippen molar-refractivity contribution < 1.29 is 14.1 Å². The van der Waals surface area contributed by atoms with Gasteiger partial charge in [0.2, 0.25) is 0 Å². The number of hydrogen-bond donors (Lipinski definition) is 0. The van der Waals surface area contributed by atoms with Gasteiger partial charge in [-0.25, -0.2) is 4.39 Å². The number of aryl methyl sites for hydroxylation is 1. The second-order valence-corrected chi connectivity index (χ2v) is 5.55. The van der Waals surface area contributed by atoms with E-state index in [1.165, 1.54) is 12.1 Å². The molecule has 0 bridgehead atoms. The minimum Gasteiger partial charge on any atom is -0.370 e. The zero-order chi connectivity index (χ0) is 16.4. The van der Waals surface area contributed by atoms with Crippen molar-refractivity contribution in [2.45, 2.75) is 13.0 Å². The summed E-state index contributed by atoms with van der Waals surface area (Å²) in [7, 11) is 0. The number of ether oxygens (including phenoxy) is 1. The van der Waals surface area contributed by atoms with Crippen LogP contribution in [0, 0.1) is 22.9 Å². The monoisotopic (exact) mass is 316 g/mol. The van der Waals surface area contributed by atoms with E-state index in [0.29, 0.717) is 25.4 Å². The molecule has 120 valence electrons. The van der Waals surface area contributed by atoms with Gasteiger partial charge in [0.1, 0.15) is 6.10 Å². The van der Waals surface area contributed by atoms with E-state index in [9.17, 15) is 14.5 Å². The summed E-state index contributed by atoms with van der Waals surface area (Å²) in [5, 5.41) is 10.7. The molecule has 1 heterocycles. The van der Waals surface area contributed by atoms with Crippen LogP contribution in [0.5, 0.6) is 0 Å². The molecule has 0 spiro atoms. The van der Waals surface area contributed by atoms with Crippen LogP contribution in [0.3, 0.4) is 0 Å². The van der Waals surface area contributed by atoms with E-state index in [1.807, 2.05) is 36.1 Å². The fourth-order valence-corrected chi connectivity index (χ4v) is 2.87. The maximum absolute atomic E-state index is 14.2. The Morgan fingerprint density at radius 2 is 2.09 bits per heavy atom. The van der Waals surface area contributed by atoms with Crippen molar-refractivity contribution in [3.8, 4) is 0 Å². The van der Waals surface area contributed by atoms with Crippen LogP contribution in [0.2, 0.25) is 0 Å². The molecule has 0 aliphatic carbocycles. The van der Waals surface area contributed by atoms with Crippen LogP contribution in [0.4, 0.5) is 15.8 Å². The highest BCUT2D eigenvalue weighted by molar-refractivity contribution is 5.53. The van der Waals surface area contributed by atoms with Crippen molar-refractivity contribution >= 4 is 11.4 Å². The molecule has 1 saturated heterocycles. The van der Waals surface area contributed by atoms with Gasteiger partial charge in [-0.1, -0.05) is 24.3 Å². The number of rotatable bonds is 3. The van der Waals surface area contributed by atoms with Gasteiger partial charge < -0.3 is 9.64 Å². The van der Waals surface area contributed by atoms with Gasteiger partial charge in [0.25, 0.3) is 5.69 Å². The van der Waals surface area contributed by atoms with Gasteiger partial charge >= 0.3 is 0 Å². The summed E-state index contributed by atoms with van der Waals surface area (Å²) in [5.74, 6) is -0.579. The lowest BCUT2D eigenvalue weighted by Gasteiger charge is -2.35. The zero-order valence-electron chi connectivity index (χ0n) is 12.7. The van der Waals surface area contributed by atoms with E-state index in [1.54, 1.807) is 0 Å². The van der Waals surface area contributed by atoms with Gasteiger partial charge in [0.05, 0.1) is 23.3 Å². The van der Waals surface area contributed by atoms with Crippen molar-refractivity contribution in [2.75, 3.05) is 24.6 Å². The van der Waals surface area contributed by atoms with Crippen molar-refractivity contribution in [3.05, 3.63) is 69.5 Å². The smallest absolute Gasteiger partial charge is 0.272 e. The molecule has 5 nitrogen and oxygen atoms in total. The SMILES string of the molecule is Cc1ccccc1C1CN(c2ccc([N+](=O)[O-])cc2F)CCO1. The van der Waals surface area contributed by atoms with Gasteiger partial charge in [-0.05, 0) is 24.1 Å². The Bertz CT molecular complexity index is 736. The van der Waals surface area contributed by atoms with Crippen LogP contribution < -0.4 is 4.90 Å². The lowest BCUT2D eigenvalue weighted by molar-refractivity contribution is -0.385. The quantitative estimate of drug-likeness (QED) is 0.641. The minimum atomic E-state index is -0.595. The molecule has 0 N–H and O–H groups in total. The molecule has 1 aliphatic rings. The molecule has 0 radical (unpaired) electrons. The highest BCUT2D eigenvalue weighted by Crippen LogP contribution is 2.30. The molecule has 1 fully saturated rings. The molecule has 0 saturated carbocycles. The Morgan fingerprint density at radius 1 is 1.30 bits per heavy atom. The summed E-state index contributed by atoms with van der Waals surface area (Å²) in [6.07, 6.45) is -0.139. The molecule has 1 atom stereocenters. The van der Waals surface area contributed by atoms with Crippen LogP contribution in [-0.4, -0.2) is 24.6 Å². The number of halogens is 1. The topological polar surface area (TPSA) is 55.6 Å². The molecule has 1 aliphatic heterocycles. The van der Waals surface area contributed by atoms with Crippen LogP contribution in [0.1, 0.15) is 17.2 Å². The molecule has 6 heteroatoms. The second-order valence-electron chi connectivity index (χ2n) is 5.55. The van der Waals surface area contributed by atoms with Crippen LogP contribution in [-0.2, 0) is 4.74 Å². The average molecular weight is 316 g/mol. The molecular formula is C17H17FN2O3. The highest BCUT2D eigenvalue weighted by Gasteiger charge is 2.25. The molecule has 0 aromatic heterocycles. The molecular weight excluding hydrogens is 299 g/mol. The summed E-state index contributed by atoms with van der Waals surface area (Å²) in [4.78, 5) is 12.0. The van der Waals surface area contributed by atoms with Crippen molar-refractivity contribution in [1.82, 2.24) is 0 Å². The lowest BCUT2D eigenvalue weighted by Crippen LogP contribution is -2.39. The molecule has 2 aromatic carbocycles. The number of nitro benzene ring substituents is 1. The van der Waals surface area contributed by atoms with Crippen LogP contribution in [0.25, 0.3) is 0 Å². The first kappa shape index (κ1) is 15.4. The Balaban J connectivity index is 1.84. The van der Waals surface area contributed by atoms with Crippen LogP contribution >= 0.6 is 0 Å². The normalized spacial score (nSPS) is 18.0. The van der Waals surface area contributed by atoms with Crippen LogP contribution in [0.15, 0.2) is 42.5 Å². The number of non-ortho nitro benzene ring substituents is 1. The summed E-state index contributed by atoms with van der Waals surface area (Å²) < 4.78 is 20.0. The van der Waals surface area contributed by atoms with Gasteiger partial charge in [-0.2, -0.15) is 0 Å². The van der Waals surface area contributed by atoms with Gasteiger partial charge in [0, 0.05) is 19.2 Å². The van der Waals surface area contributed by atoms with Crippen molar-refractivity contribution in [1.29, 1.82) is 0 Å². The summed E-state index contributed by atoms with van der Waals surface area (Å²) in [6.45, 7) is 3.57. The summed E-state index contributed by atoms with van der Waals surface area (Å²) in [5.41, 5.74) is 2.34. The molecule has 23 heavy (non-hydrogen) atoms. The number of hydrogen-bond acceptors (Lipinski definition) is 4. The predicted octanol–water partition coefficient (Wildman–Crippen LogP) is 3.62. The second kappa shape index (κ2) is 6.34. The molecule has 1 unspecified atom stereocenters. The first-order valence-electron chi connectivity index (χ1n) is 7.42. The molecule has 2 aromatic rings. The van der Waals surface area contributed by atoms with Crippen molar-refractivity contribution in [2.24, 2.45) is 0 Å². The Kier molecular flexibility index (Phi) is 4.25. The third kappa shape index (κ3) is 3.17. The Labute approximate surface area is 133 Å². The number of benzene rings is 2. The van der Waals surface area contributed by atoms with E-state index < -0.39 is 10.7 Å². The van der Waals surface area contributed by atoms with Crippen molar-refractivity contribution in [3.63, 3.8) is 0 Å². The fraction of sp³-hybridized carbons (Fsp3) is 0.294. The van der Waals surface area contributed by atoms with E-state index in [0.717, 1.165) is 17.2 Å². The Hall–Kier alpha value is -2.47. The Morgan fingerprint density at radius 3 is 2.78 bits per heavy atom. The third-order valence-corrected chi connectivity index (χ3v) is 4.08. The predicted molar refractivity (Wildman–Crippen MR) is 85.1 cm³/mol. The number of morpholine rings is 1. The average Bonchev–Trinajstić information content (AvgIpc) is 2.55. The van der Waals surface area contributed by atoms with E-state index >= 15 is 0 Å². The lowest BCUT2D eigenvalue weighted by atomic mass is 10.0. The van der Waals surface area contributed by atoms with E-state index in [2.05, 4.69) is 0 Å². The van der Waals surface area contributed by atoms with Gasteiger partial charge in [-0.15, -0.1) is 0 Å². The third-order valence-electron chi connectivity index (χ3n) is 4.08. The molecule has 3 rings (SSSR count). The molecule has 0 amide bonds. The number of anilines is 1. The largest absolute Gasteiger partial charge is 0.370 e. The van der Waals surface area contributed by atoms with Gasteiger partial charge in [-0.3, -0.25) is 10.1 Å². The van der Waals surface area contributed by atoms with Gasteiger partial charge in [0.15, 0.2) is 5.82 Å². The first-order valence-corrected chi connectivity index (χ1v) is 7.42. The maximum atomic E-state index is 14.2.